The summed E-state index contributed by atoms with van der Waals surface area (Å²) in [5.74, 6) is -1.15. The third-order valence-corrected chi connectivity index (χ3v) is 1.46. The van der Waals surface area contributed by atoms with Crippen molar-refractivity contribution in [3.8, 4) is 0 Å². The van der Waals surface area contributed by atoms with Crippen LogP contribution in [0, 0.1) is 0 Å². The van der Waals surface area contributed by atoms with Gasteiger partial charge in [-0.1, -0.05) is 0 Å². The second-order valence-electron chi connectivity index (χ2n) is 4.60. The van der Waals surface area contributed by atoms with Gasteiger partial charge in [0.15, 0.2) is 0 Å². The summed E-state index contributed by atoms with van der Waals surface area (Å²) in [6, 6.07) is 0. The number of aliphatic carboxylic acids is 1. The second kappa shape index (κ2) is 5.69. The van der Waals surface area contributed by atoms with Crippen molar-refractivity contribution in [2.75, 3.05) is 13.1 Å². The monoisotopic (exact) mass is 233 g/mol. The Balaban J connectivity index is 4.49. The van der Waals surface area contributed by atoms with Crippen molar-refractivity contribution in [1.82, 2.24) is 4.90 Å². The molecule has 0 saturated heterocycles. The number of rotatable bonds is 4. The van der Waals surface area contributed by atoms with Crippen LogP contribution in [0.2, 0.25) is 0 Å². The Morgan fingerprint density at radius 1 is 1.38 bits per heavy atom. The van der Waals surface area contributed by atoms with Crippen molar-refractivity contribution in [2.45, 2.75) is 39.4 Å². The van der Waals surface area contributed by atoms with E-state index in [9.17, 15) is 9.59 Å². The van der Waals surface area contributed by atoms with E-state index in [0.717, 1.165) is 4.90 Å². The molecule has 16 heavy (non-hydrogen) atoms. The van der Waals surface area contributed by atoms with Crippen LogP contribution < -0.4 is 0 Å². The average molecular weight is 233 g/mol. The van der Waals surface area contributed by atoms with E-state index in [2.05, 4.69) is 0 Å². The van der Waals surface area contributed by atoms with E-state index in [4.69, 9.17) is 14.9 Å². The highest BCUT2D eigenvalue weighted by Gasteiger charge is 2.24. The van der Waals surface area contributed by atoms with Gasteiger partial charge in [0.05, 0.1) is 12.6 Å². The first-order valence-corrected chi connectivity index (χ1v) is 4.99. The first-order valence-electron chi connectivity index (χ1n) is 4.99. The summed E-state index contributed by atoms with van der Waals surface area (Å²) >= 11 is 0. The molecule has 6 heteroatoms. The molecule has 0 heterocycles. The summed E-state index contributed by atoms with van der Waals surface area (Å²) in [6.45, 7) is 5.98. The second-order valence-corrected chi connectivity index (χ2v) is 4.60. The van der Waals surface area contributed by atoms with E-state index >= 15 is 0 Å². The minimum Gasteiger partial charge on any atom is -0.480 e. The lowest BCUT2D eigenvalue weighted by Gasteiger charge is -2.27. The Morgan fingerprint density at radius 3 is 2.19 bits per heavy atom. The van der Waals surface area contributed by atoms with Crippen molar-refractivity contribution in [2.24, 2.45) is 0 Å². The zero-order chi connectivity index (χ0) is 12.9. The van der Waals surface area contributed by atoms with Crippen LogP contribution >= 0.6 is 0 Å². The average Bonchev–Trinajstić information content (AvgIpc) is 1.97. The molecule has 0 saturated carbocycles. The molecular formula is C10H19NO5. The summed E-state index contributed by atoms with van der Waals surface area (Å²) in [7, 11) is 0. The van der Waals surface area contributed by atoms with Crippen LogP contribution in [0.1, 0.15) is 27.7 Å². The molecule has 94 valence electrons. The lowest BCUT2D eigenvalue weighted by molar-refractivity contribution is -0.138. The molecule has 1 atom stereocenters. The Bertz CT molecular complexity index is 256. The molecule has 6 nitrogen and oxygen atoms in total. The SMILES string of the molecule is CC(O)CN(CC(=O)O)C(=O)OC(C)(C)C. The number of carboxylic acid groups (broad SMARTS) is 1. The van der Waals surface area contributed by atoms with Crippen molar-refractivity contribution in [3.05, 3.63) is 0 Å². The Morgan fingerprint density at radius 2 is 1.88 bits per heavy atom. The fourth-order valence-corrected chi connectivity index (χ4v) is 1.01. The van der Waals surface area contributed by atoms with Crippen molar-refractivity contribution < 1.29 is 24.5 Å². The highest BCUT2D eigenvalue weighted by Crippen LogP contribution is 2.10. The van der Waals surface area contributed by atoms with Crippen molar-refractivity contribution in [1.29, 1.82) is 0 Å². The lowest BCUT2D eigenvalue weighted by Crippen LogP contribution is -2.43. The number of aliphatic hydroxyl groups is 1. The van der Waals surface area contributed by atoms with E-state index in [1.165, 1.54) is 6.92 Å². The van der Waals surface area contributed by atoms with E-state index in [1.54, 1.807) is 20.8 Å². The van der Waals surface area contributed by atoms with Crippen molar-refractivity contribution in [3.63, 3.8) is 0 Å². The van der Waals surface area contributed by atoms with Gasteiger partial charge in [-0.2, -0.15) is 0 Å². The maximum Gasteiger partial charge on any atom is 0.410 e. The van der Waals surface area contributed by atoms with E-state index in [1.807, 2.05) is 0 Å². The fraction of sp³-hybridized carbons (Fsp3) is 0.800. The molecule has 0 aliphatic rings. The maximum atomic E-state index is 11.6. The zero-order valence-corrected chi connectivity index (χ0v) is 10.1. The van der Waals surface area contributed by atoms with Gasteiger partial charge < -0.3 is 14.9 Å². The summed E-state index contributed by atoms with van der Waals surface area (Å²) in [4.78, 5) is 23.0. The van der Waals surface area contributed by atoms with Crippen LogP contribution in [0.15, 0.2) is 0 Å². The molecule has 0 aromatic rings. The maximum absolute atomic E-state index is 11.6. The normalized spacial score (nSPS) is 13.1. The van der Waals surface area contributed by atoms with E-state index in [0.29, 0.717) is 0 Å². The first-order chi connectivity index (χ1) is 7.11. The Kier molecular flexibility index (Phi) is 5.23. The van der Waals surface area contributed by atoms with Crippen LogP contribution in [-0.2, 0) is 9.53 Å². The first kappa shape index (κ1) is 14.7. The molecule has 0 radical (unpaired) electrons. The summed E-state index contributed by atoms with van der Waals surface area (Å²) in [6.07, 6.45) is -1.54. The highest BCUT2D eigenvalue weighted by atomic mass is 16.6. The Hall–Kier alpha value is -1.30. The summed E-state index contributed by atoms with van der Waals surface area (Å²) in [5.41, 5.74) is -0.688. The molecule has 2 N–H and O–H groups in total. The topological polar surface area (TPSA) is 87.1 Å². The summed E-state index contributed by atoms with van der Waals surface area (Å²) < 4.78 is 5.01. The van der Waals surface area contributed by atoms with Gasteiger partial charge in [0.25, 0.3) is 0 Å². The molecule has 1 amide bonds. The van der Waals surface area contributed by atoms with Gasteiger partial charge in [-0.15, -0.1) is 0 Å². The molecule has 0 fully saturated rings. The van der Waals surface area contributed by atoms with Crippen LogP contribution in [0.4, 0.5) is 4.79 Å². The van der Waals surface area contributed by atoms with Gasteiger partial charge in [0, 0.05) is 0 Å². The highest BCUT2D eigenvalue weighted by molar-refractivity contribution is 5.76. The number of carbonyl (C=O) groups excluding carboxylic acids is 1. The van der Waals surface area contributed by atoms with Crippen LogP contribution in [0.5, 0.6) is 0 Å². The predicted molar refractivity (Wildman–Crippen MR) is 57.1 cm³/mol. The fourth-order valence-electron chi connectivity index (χ4n) is 1.01. The number of nitrogens with zero attached hydrogens (tertiary/aromatic N) is 1. The minimum absolute atomic E-state index is 0.0682. The number of carbonyl (C=O) groups is 2. The molecule has 0 aromatic carbocycles. The lowest BCUT2D eigenvalue weighted by atomic mass is 10.2. The smallest absolute Gasteiger partial charge is 0.410 e. The number of amides is 1. The number of hydrogen-bond acceptors (Lipinski definition) is 4. The van der Waals surface area contributed by atoms with Gasteiger partial charge in [0.1, 0.15) is 12.1 Å². The van der Waals surface area contributed by atoms with Crippen LogP contribution in [0.3, 0.4) is 0 Å². The van der Waals surface area contributed by atoms with Gasteiger partial charge in [-0.25, -0.2) is 4.79 Å². The third kappa shape index (κ3) is 7.05. The molecule has 0 bridgehead atoms. The predicted octanol–water partition coefficient (Wildman–Crippen LogP) is 0.689. The molecule has 0 spiro atoms. The van der Waals surface area contributed by atoms with E-state index in [-0.39, 0.29) is 6.54 Å². The third-order valence-electron chi connectivity index (χ3n) is 1.46. The number of ether oxygens (including phenoxy) is 1. The van der Waals surface area contributed by atoms with Crippen LogP contribution in [0.25, 0.3) is 0 Å². The number of hydrogen-bond donors (Lipinski definition) is 2. The van der Waals surface area contributed by atoms with Crippen molar-refractivity contribution >= 4 is 12.1 Å². The molecule has 0 aliphatic carbocycles. The largest absolute Gasteiger partial charge is 0.480 e. The molecule has 0 rings (SSSR count). The van der Waals surface area contributed by atoms with Gasteiger partial charge in [-0.3, -0.25) is 9.69 Å². The standard InChI is InChI=1S/C10H19NO5/c1-7(12)5-11(6-8(13)14)9(15)16-10(2,3)4/h7,12H,5-6H2,1-4H3,(H,13,14). The Labute approximate surface area is 94.8 Å². The van der Waals surface area contributed by atoms with Gasteiger partial charge >= 0.3 is 12.1 Å². The van der Waals surface area contributed by atoms with Crippen LogP contribution in [-0.4, -0.2) is 52.0 Å². The number of carboxylic acids is 1. The molecular weight excluding hydrogens is 214 g/mol. The minimum atomic E-state index is -1.15. The zero-order valence-electron chi connectivity index (χ0n) is 10.1. The van der Waals surface area contributed by atoms with E-state index < -0.39 is 30.3 Å². The summed E-state index contributed by atoms with van der Waals surface area (Å²) in [5, 5.41) is 17.8. The van der Waals surface area contributed by atoms with Gasteiger partial charge in [0.2, 0.25) is 0 Å². The molecule has 1 unspecified atom stereocenters. The number of aliphatic hydroxyl groups excluding tert-OH is 1. The molecule has 0 aromatic heterocycles. The molecule has 0 aliphatic heterocycles. The van der Waals surface area contributed by atoms with Gasteiger partial charge in [-0.05, 0) is 27.7 Å². The quantitative estimate of drug-likeness (QED) is 0.746.